The van der Waals surface area contributed by atoms with Crippen LogP contribution in [-0.4, -0.2) is 5.11 Å². The van der Waals surface area contributed by atoms with Gasteiger partial charge in [-0.25, -0.2) is 4.39 Å². The number of aliphatic hydroxyl groups is 1. The van der Waals surface area contributed by atoms with Gasteiger partial charge in [0.2, 0.25) is 0 Å². The maximum Gasteiger partial charge on any atom is 0.129 e. The largest absolute Gasteiger partial charge is 0.384 e. The van der Waals surface area contributed by atoms with Gasteiger partial charge in [-0.15, -0.1) is 0 Å². The average Bonchev–Trinajstić information content (AvgIpc) is 2.30. The lowest BCUT2D eigenvalue weighted by Crippen LogP contribution is -2.04. The number of rotatable bonds is 2. The molecule has 0 radical (unpaired) electrons. The number of hydrogen-bond donors (Lipinski definition) is 1. The first-order chi connectivity index (χ1) is 7.70. The monoisotopic (exact) mass is 216 g/mol. The standard InChI is InChI=1S/C14H13FO/c1-10-6-5-9-12(15)13(10)14(16)11-7-3-2-4-8-11/h2-9,14,16H,1H3. The summed E-state index contributed by atoms with van der Waals surface area (Å²) in [4.78, 5) is 0. The Morgan fingerprint density at radius 1 is 1.00 bits per heavy atom. The van der Waals surface area contributed by atoms with Crippen LogP contribution in [0.15, 0.2) is 48.5 Å². The Bertz CT molecular complexity index is 459. The predicted molar refractivity (Wildman–Crippen MR) is 61.6 cm³/mol. The van der Waals surface area contributed by atoms with E-state index in [9.17, 15) is 9.50 Å². The van der Waals surface area contributed by atoms with Gasteiger partial charge in [-0.2, -0.15) is 0 Å². The van der Waals surface area contributed by atoms with Crippen molar-refractivity contribution in [3.8, 4) is 0 Å². The second-order valence-corrected chi connectivity index (χ2v) is 3.78. The zero-order chi connectivity index (χ0) is 11.5. The third kappa shape index (κ3) is 1.97. The van der Waals surface area contributed by atoms with E-state index in [1.54, 1.807) is 31.2 Å². The van der Waals surface area contributed by atoms with E-state index in [0.717, 1.165) is 5.56 Å². The lowest BCUT2D eigenvalue weighted by atomic mass is 9.97. The van der Waals surface area contributed by atoms with Crippen LogP contribution >= 0.6 is 0 Å². The van der Waals surface area contributed by atoms with Crippen molar-refractivity contribution in [2.75, 3.05) is 0 Å². The van der Waals surface area contributed by atoms with Crippen LogP contribution in [0, 0.1) is 12.7 Å². The van der Waals surface area contributed by atoms with E-state index < -0.39 is 6.10 Å². The molecule has 1 N–H and O–H groups in total. The van der Waals surface area contributed by atoms with Gasteiger partial charge < -0.3 is 5.11 Å². The van der Waals surface area contributed by atoms with Crippen LogP contribution < -0.4 is 0 Å². The van der Waals surface area contributed by atoms with Gasteiger partial charge in [0, 0.05) is 5.56 Å². The third-order valence-electron chi connectivity index (χ3n) is 2.66. The van der Waals surface area contributed by atoms with Crippen LogP contribution in [0.4, 0.5) is 4.39 Å². The first-order valence-electron chi connectivity index (χ1n) is 5.18. The SMILES string of the molecule is Cc1cccc(F)c1C(O)c1ccccc1. The molecule has 82 valence electrons. The van der Waals surface area contributed by atoms with E-state index in [1.165, 1.54) is 6.07 Å². The zero-order valence-corrected chi connectivity index (χ0v) is 9.02. The van der Waals surface area contributed by atoms with Crippen molar-refractivity contribution < 1.29 is 9.50 Å². The van der Waals surface area contributed by atoms with Crippen LogP contribution in [0.3, 0.4) is 0 Å². The van der Waals surface area contributed by atoms with Crippen molar-refractivity contribution in [2.45, 2.75) is 13.0 Å². The maximum absolute atomic E-state index is 13.6. The Morgan fingerprint density at radius 3 is 2.31 bits per heavy atom. The summed E-state index contributed by atoms with van der Waals surface area (Å²) in [7, 11) is 0. The summed E-state index contributed by atoms with van der Waals surface area (Å²) in [6.07, 6.45) is -0.901. The molecule has 0 aliphatic heterocycles. The van der Waals surface area contributed by atoms with E-state index in [-0.39, 0.29) is 5.82 Å². The highest BCUT2D eigenvalue weighted by atomic mass is 19.1. The van der Waals surface area contributed by atoms with E-state index in [1.807, 2.05) is 18.2 Å². The highest BCUT2D eigenvalue weighted by molar-refractivity contribution is 5.36. The van der Waals surface area contributed by atoms with Gasteiger partial charge in [0.25, 0.3) is 0 Å². The van der Waals surface area contributed by atoms with E-state index >= 15 is 0 Å². The Labute approximate surface area is 94.2 Å². The van der Waals surface area contributed by atoms with Gasteiger partial charge in [0.05, 0.1) is 0 Å². The van der Waals surface area contributed by atoms with Gasteiger partial charge in [-0.3, -0.25) is 0 Å². The number of halogens is 1. The molecule has 0 spiro atoms. The van der Waals surface area contributed by atoms with E-state index in [0.29, 0.717) is 11.1 Å². The van der Waals surface area contributed by atoms with Crippen molar-refractivity contribution >= 4 is 0 Å². The van der Waals surface area contributed by atoms with Gasteiger partial charge in [0.15, 0.2) is 0 Å². The fourth-order valence-electron chi connectivity index (χ4n) is 1.79. The molecule has 1 unspecified atom stereocenters. The fraction of sp³-hybridized carbons (Fsp3) is 0.143. The van der Waals surface area contributed by atoms with Gasteiger partial charge in [-0.1, -0.05) is 42.5 Å². The molecule has 0 aromatic heterocycles. The Kier molecular flexibility index (Phi) is 3.02. The fourth-order valence-corrected chi connectivity index (χ4v) is 1.79. The quantitative estimate of drug-likeness (QED) is 0.817. The first kappa shape index (κ1) is 10.8. The van der Waals surface area contributed by atoms with E-state index in [2.05, 4.69) is 0 Å². The maximum atomic E-state index is 13.6. The molecule has 0 saturated heterocycles. The summed E-state index contributed by atoms with van der Waals surface area (Å²) in [5.41, 5.74) is 1.82. The molecular formula is C14H13FO. The second-order valence-electron chi connectivity index (χ2n) is 3.78. The molecular weight excluding hydrogens is 203 g/mol. The summed E-state index contributed by atoms with van der Waals surface area (Å²) < 4.78 is 13.6. The number of aryl methyl sites for hydroxylation is 1. The van der Waals surface area contributed by atoms with Gasteiger partial charge in [-0.05, 0) is 24.1 Å². The molecule has 2 rings (SSSR count). The van der Waals surface area contributed by atoms with Crippen molar-refractivity contribution in [1.29, 1.82) is 0 Å². The summed E-state index contributed by atoms with van der Waals surface area (Å²) in [6.45, 7) is 1.80. The second kappa shape index (κ2) is 4.45. The number of hydrogen-bond acceptors (Lipinski definition) is 1. The van der Waals surface area contributed by atoms with Gasteiger partial charge >= 0.3 is 0 Å². The molecule has 0 bridgehead atoms. The van der Waals surface area contributed by atoms with E-state index in [4.69, 9.17) is 0 Å². The Morgan fingerprint density at radius 2 is 1.69 bits per heavy atom. The average molecular weight is 216 g/mol. The number of benzene rings is 2. The minimum atomic E-state index is -0.901. The first-order valence-corrected chi connectivity index (χ1v) is 5.18. The molecule has 16 heavy (non-hydrogen) atoms. The number of aliphatic hydroxyl groups excluding tert-OH is 1. The van der Waals surface area contributed by atoms with Crippen molar-refractivity contribution in [3.63, 3.8) is 0 Å². The molecule has 0 amide bonds. The van der Waals surface area contributed by atoms with Crippen LogP contribution in [0.25, 0.3) is 0 Å². The van der Waals surface area contributed by atoms with Crippen LogP contribution in [0.2, 0.25) is 0 Å². The lowest BCUT2D eigenvalue weighted by Gasteiger charge is -2.14. The highest BCUT2D eigenvalue weighted by Gasteiger charge is 2.16. The lowest BCUT2D eigenvalue weighted by molar-refractivity contribution is 0.214. The molecule has 0 saturated carbocycles. The summed E-state index contributed by atoms with van der Waals surface area (Å²) in [5, 5.41) is 10.1. The molecule has 0 aliphatic carbocycles. The molecule has 1 nitrogen and oxygen atoms in total. The Balaban J connectivity index is 2.46. The van der Waals surface area contributed by atoms with Crippen LogP contribution in [0.5, 0.6) is 0 Å². The molecule has 0 heterocycles. The molecule has 0 aliphatic rings. The molecule has 0 fully saturated rings. The molecule has 2 aromatic carbocycles. The van der Waals surface area contributed by atoms with Crippen molar-refractivity contribution in [2.24, 2.45) is 0 Å². The smallest absolute Gasteiger partial charge is 0.129 e. The van der Waals surface area contributed by atoms with Crippen molar-refractivity contribution in [3.05, 3.63) is 71.0 Å². The van der Waals surface area contributed by atoms with Crippen molar-refractivity contribution in [1.82, 2.24) is 0 Å². The minimum absolute atomic E-state index is 0.355. The topological polar surface area (TPSA) is 20.2 Å². The predicted octanol–water partition coefficient (Wildman–Crippen LogP) is 3.22. The van der Waals surface area contributed by atoms with Crippen LogP contribution in [-0.2, 0) is 0 Å². The highest BCUT2D eigenvalue weighted by Crippen LogP contribution is 2.26. The normalized spacial score (nSPS) is 12.4. The van der Waals surface area contributed by atoms with Crippen LogP contribution in [0.1, 0.15) is 22.8 Å². The summed E-state index contributed by atoms with van der Waals surface area (Å²) in [6, 6.07) is 13.9. The summed E-state index contributed by atoms with van der Waals surface area (Å²) >= 11 is 0. The molecule has 2 aromatic rings. The Hall–Kier alpha value is -1.67. The molecule has 1 atom stereocenters. The van der Waals surface area contributed by atoms with Gasteiger partial charge in [0.1, 0.15) is 11.9 Å². The third-order valence-corrected chi connectivity index (χ3v) is 2.66. The minimum Gasteiger partial charge on any atom is -0.384 e. The zero-order valence-electron chi connectivity index (χ0n) is 9.02. The molecule has 2 heteroatoms. The summed E-state index contributed by atoms with van der Waals surface area (Å²) in [5.74, 6) is -0.364.